The zero-order valence-electron chi connectivity index (χ0n) is 9.21. The van der Waals surface area contributed by atoms with Crippen LogP contribution in [0.5, 0.6) is 0 Å². The van der Waals surface area contributed by atoms with Crippen molar-refractivity contribution in [3.63, 3.8) is 0 Å². The third-order valence-electron chi connectivity index (χ3n) is 2.53. The van der Waals surface area contributed by atoms with Crippen LogP contribution in [-0.4, -0.2) is 64.7 Å². The van der Waals surface area contributed by atoms with Crippen LogP contribution in [0.25, 0.3) is 0 Å². The van der Waals surface area contributed by atoms with Crippen LogP contribution in [0.3, 0.4) is 0 Å². The summed E-state index contributed by atoms with van der Waals surface area (Å²) in [7, 11) is 4.00. The van der Waals surface area contributed by atoms with Crippen LogP contribution < -0.4 is 4.98 Å². The van der Waals surface area contributed by atoms with E-state index in [-0.39, 0.29) is 19.7 Å². The zero-order chi connectivity index (χ0) is 9.68. The molecule has 1 N–H and O–H groups in total. The van der Waals surface area contributed by atoms with E-state index in [1.165, 1.54) is 56.9 Å². The highest BCUT2D eigenvalue weighted by Gasteiger charge is 2.14. The highest BCUT2D eigenvalue weighted by atomic mass is 28.4. The van der Waals surface area contributed by atoms with Crippen molar-refractivity contribution in [3.05, 3.63) is 0 Å². The molecule has 0 bridgehead atoms. The van der Waals surface area contributed by atoms with E-state index >= 15 is 0 Å². The molecule has 1 fully saturated rings. The van der Waals surface area contributed by atoms with Crippen LogP contribution in [-0.2, 0) is 0 Å². The molecule has 0 saturated heterocycles. The van der Waals surface area contributed by atoms with Gasteiger partial charge in [-0.25, -0.2) is 0 Å². The number of hydrogen-bond donors (Lipinski definition) is 1. The van der Waals surface area contributed by atoms with E-state index in [0.29, 0.717) is 0 Å². The van der Waals surface area contributed by atoms with Crippen LogP contribution >= 0.6 is 0 Å². The van der Waals surface area contributed by atoms with Gasteiger partial charge in [-0.1, -0.05) is 12.8 Å². The van der Waals surface area contributed by atoms with Crippen molar-refractivity contribution >= 4 is 50.9 Å². The maximum Gasteiger partial charge on any atom is 0.157 e. The second-order valence-electron chi connectivity index (χ2n) is 4.42. The summed E-state index contributed by atoms with van der Waals surface area (Å²) in [4.78, 5) is 3.83. The van der Waals surface area contributed by atoms with Crippen molar-refractivity contribution in [3.8, 4) is 0 Å². The Balaban J connectivity index is 2.03. The van der Waals surface area contributed by atoms with E-state index in [1.807, 2.05) is 0 Å². The lowest BCUT2D eigenvalue weighted by atomic mass is 10.3. The lowest BCUT2D eigenvalue weighted by molar-refractivity contribution is 0.634. The molecule has 0 aromatic heterocycles. The molecule has 1 aliphatic carbocycles. The van der Waals surface area contributed by atoms with E-state index in [2.05, 4.69) is 12.8 Å². The minimum absolute atomic E-state index is 0.0270. The Morgan fingerprint density at radius 3 is 2.31 bits per heavy atom. The number of nitrogens with zero attached hydrogens (tertiary/aromatic N) is 2. The lowest BCUT2D eigenvalue weighted by Crippen LogP contribution is -2.47. The van der Waals surface area contributed by atoms with Gasteiger partial charge in [0.15, 0.2) is 9.84 Å². The fourth-order valence-corrected chi connectivity index (χ4v) is 16.8. The Morgan fingerprint density at radius 1 is 1.15 bits per heavy atom. The van der Waals surface area contributed by atoms with Crippen molar-refractivity contribution < 1.29 is 0 Å². The Kier molecular flexibility index (Phi) is 5.97. The average Bonchev–Trinajstić information content (AvgIpc) is 2.51. The molecule has 0 radical (unpaired) electrons. The van der Waals surface area contributed by atoms with Gasteiger partial charge in [-0.05, 0) is 12.8 Å². The highest BCUT2D eigenvalue weighted by molar-refractivity contribution is 6.64. The van der Waals surface area contributed by atoms with Crippen LogP contribution in [0, 0.1) is 0 Å². The molecular weight excluding hydrogens is 243 g/mol. The quantitative estimate of drug-likeness (QED) is 0.502. The van der Waals surface area contributed by atoms with E-state index in [1.54, 1.807) is 0 Å². The molecule has 1 rings (SSSR count). The minimum Gasteiger partial charge on any atom is -0.377 e. The van der Waals surface area contributed by atoms with Gasteiger partial charge in [-0.15, -0.1) is 0 Å². The van der Waals surface area contributed by atoms with Gasteiger partial charge in [0, 0.05) is 6.04 Å². The molecule has 0 heterocycles. The Labute approximate surface area is 95.5 Å². The second kappa shape index (κ2) is 6.45. The van der Waals surface area contributed by atoms with Crippen molar-refractivity contribution in [2.75, 3.05) is 0 Å². The van der Waals surface area contributed by atoms with Crippen LogP contribution in [0.2, 0.25) is 0 Å². The zero-order valence-corrected chi connectivity index (χ0v) is 18.0. The van der Waals surface area contributed by atoms with Crippen molar-refractivity contribution in [2.24, 2.45) is 0 Å². The third kappa shape index (κ3) is 5.42. The first kappa shape index (κ1) is 12.0. The summed E-state index contributed by atoms with van der Waals surface area (Å²) in [5.41, 5.74) is 0. The molecule has 0 spiro atoms. The van der Waals surface area contributed by atoms with Crippen LogP contribution in [0.1, 0.15) is 25.7 Å². The summed E-state index contributed by atoms with van der Waals surface area (Å²) in [6.07, 6.45) is 5.85. The van der Waals surface area contributed by atoms with E-state index in [9.17, 15) is 0 Å². The normalized spacial score (nSPS) is 21.7. The topological polar surface area (TPSA) is 18.5 Å². The second-order valence-corrected chi connectivity index (χ2v) is 20.9. The van der Waals surface area contributed by atoms with Gasteiger partial charge in [0.05, 0.1) is 31.2 Å². The molecule has 0 aromatic carbocycles. The summed E-state index contributed by atoms with van der Waals surface area (Å²) in [6, 6.07) is 0.911. The first-order chi connectivity index (χ1) is 6.18. The molecule has 0 aromatic rings. The predicted octanol–water partition coefficient (Wildman–Crippen LogP) is -5.04. The van der Waals surface area contributed by atoms with Gasteiger partial charge in [0.25, 0.3) is 0 Å². The van der Waals surface area contributed by atoms with Gasteiger partial charge < -0.3 is 12.8 Å². The fourth-order valence-electron chi connectivity index (χ4n) is 1.95. The highest BCUT2D eigenvalue weighted by Crippen LogP contribution is 2.16. The largest absolute Gasteiger partial charge is 0.377 e. The van der Waals surface area contributed by atoms with Gasteiger partial charge in [-0.2, -0.15) is 0 Å². The van der Waals surface area contributed by atoms with Gasteiger partial charge in [-0.3, -0.25) is 0 Å². The van der Waals surface area contributed by atoms with E-state index in [4.69, 9.17) is 0 Å². The molecular formula is C5H23N3Si5. The molecule has 78 valence electrons. The molecule has 8 heteroatoms. The van der Waals surface area contributed by atoms with Gasteiger partial charge in [0.2, 0.25) is 0 Å². The Bertz CT molecular complexity index is 140. The van der Waals surface area contributed by atoms with Crippen molar-refractivity contribution in [1.29, 1.82) is 0 Å². The SMILES string of the molecule is [SiH3]N([SiH3])[SiH2]N([SiH3])[SiH2]NC1CCCC1. The van der Waals surface area contributed by atoms with E-state index in [0.717, 1.165) is 6.04 Å². The number of nitrogens with one attached hydrogen (secondary N) is 1. The van der Waals surface area contributed by atoms with Crippen LogP contribution in [0.4, 0.5) is 0 Å². The Morgan fingerprint density at radius 2 is 1.77 bits per heavy atom. The summed E-state index contributed by atoms with van der Waals surface area (Å²) >= 11 is 0. The summed E-state index contributed by atoms with van der Waals surface area (Å²) in [5.74, 6) is 0. The summed E-state index contributed by atoms with van der Waals surface area (Å²) < 4.78 is 5.47. The van der Waals surface area contributed by atoms with Crippen molar-refractivity contribution in [1.82, 2.24) is 12.8 Å². The molecule has 0 aliphatic heterocycles. The molecule has 13 heavy (non-hydrogen) atoms. The molecule has 0 unspecified atom stereocenters. The maximum absolute atomic E-state index is 3.83. The fraction of sp³-hybridized carbons (Fsp3) is 1.00. The molecule has 1 saturated carbocycles. The number of hydrogen-bond acceptors (Lipinski definition) is 3. The van der Waals surface area contributed by atoms with Gasteiger partial charge in [0.1, 0.15) is 9.84 Å². The molecule has 3 nitrogen and oxygen atoms in total. The van der Waals surface area contributed by atoms with E-state index < -0.39 is 0 Å². The molecule has 1 aliphatic rings. The summed E-state index contributed by atoms with van der Waals surface area (Å²) in [5, 5.41) is 0. The monoisotopic (exact) mass is 265 g/mol. The van der Waals surface area contributed by atoms with Crippen molar-refractivity contribution in [2.45, 2.75) is 31.7 Å². The average molecular weight is 266 g/mol. The molecule has 0 atom stereocenters. The smallest absolute Gasteiger partial charge is 0.157 e. The third-order valence-corrected chi connectivity index (χ3v) is 9.64. The first-order valence-electron chi connectivity index (χ1n) is 5.25. The predicted molar refractivity (Wildman–Crippen MR) is 76.0 cm³/mol. The molecule has 0 amide bonds. The first-order valence-corrected chi connectivity index (χ1v) is 10.5. The minimum atomic E-state index is -0.0270. The number of rotatable bonds is 5. The summed E-state index contributed by atoms with van der Waals surface area (Å²) in [6.45, 7) is 0. The lowest BCUT2D eigenvalue weighted by Gasteiger charge is -2.23. The standard InChI is InChI=1S/C5H23N3Si5/c9-7(10)13-8(11)12-6-5-3-1-2-4-5/h5-6H,1-4,12-13H2,9-11H3. The van der Waals surface area contributed by atoms with Gasteiger partial charge >= 0.3 is 0 Å². The van der Waals surface area contributed by atoms with Crippen LogP contribution in [0.15, 0.2) is 0 Å². The Hall–Kier alpha value is 0.964. The maximum atomic E-state index is 3.83.